The van der Waals surface area contributed by atoms with Gasteiger partial charge in [0.05, 0.1) is 18.0 Å². The van der Waals surface area contributed by atoms with E-state index in [0.717, 1.165) is 11.3 Å². The van der Waals surface area contributed by atoms with Crippen LogP contribution in [-0.2, 0) is 9.59 Å². The van der Waals surface area contributed by atoms with Crippen molar-refractivity contribution >= 4 is 57.1 Å². The van der Waals surface area contributed by atoms with Crippen molar-refractivity contribution in [3.63, 3.8) is 0 Å². The van der Waals surface area contributed by atoms with E-state index in [-0.39, 0.29) is 17.1 Å². The molecule has 2 amide bonds. The molecule has 1 aromatic heterocycles. The summed E-state index contributed by atoms with van der Waals surface area (Å²) in [5.41, 5.74) is 3.13. The molecule has 0 bridgehead atoms. The van der Waals surface area contributed by atoms with Crippen LogP contribution < -0.4 is 20.7 Å². The standard InChI is InChI=1S/C21H23N5O3S2/c1-12-8-9-18(29-4)17(10-12)24-19(28)13(2)30-21-26-25-20(31-21)23-16-7-5-6-15(11-16)22-14(3)27/h5-11,13H,1-4H3,(H,22,27)(H,23,25)(H,24,28). The number of amides is 2. The summed E-state index contributed by atoms with van der Waals surface area (Å²) in [7, 11) is 1.57. The van der Waals surface area contributed by atoms with Crippen LogP contribution in [0.5, 0.6) is 5.75 Å². The van der Waals surface area contributed by atoms with Gasteiger partial charge in [0.1, 0.15) is 5.75 Å². The van der Waals surface area contributed by atoms with Gasteiger partial charge in [0.15, 0.2) is 4.34 Å². The second-order valence-corrected chi connectivity index (χ2v) is 9.28. The van der Waals surface area contributed by atoms with Crippen molar-refractivity contribution in [2.45, 2.75) is 30.4 Å². The lowest BCUT2D eigenvalue weighted by Gasteiger charge is -2.13. The Labute approximate surface area is 188 Å². The second kappa shape index (κ2) is 10.3. The van der Waals surface area contributed by atoms with Gasteiger partial charge in [-0.2, -0.15) is 0 Å². The first-order chi connectivity index (χ1) is 14.8. The lowest BCUT2D eigenvalue weighted by atomic mass is 10.2. The zero-order valence-electron chi connectivity index (χ0n) is 17.6. The highest BCUT2D eigenvalue weighted by molar-refractivity contribution is 8.02. The third-order valence-corrected chi connectivity index (χ3v) is 6.12. The number of nitrogens with zero attached hydrogens (tertiary/aromatic N) is 2. The molecule has 1 unspecified atom stereocenters. The molecule has 0 spiro atoms. The summed E-state index contributed by atoms with van der Waals surface area (Å²) in [6.07, 6.45) is 0. The SMILES string of the molecule is COc1ccc(C)cc1NC(=O)C(C)Sc1nnc(Nc2cccc(NC(C)=O)c2)s1. The number of thioether (sulfide) groups is 1. The van der Waals surface area contributed by atoms with Gasteiger partial charge in [-0.05, 0) is 49.7 Å². The Hall–Kier alpha value is -3.11. The number of methoxy groups -OCH3 is 1. The molecule has 0 radical (unpaired) electrons. The van der Waals surface area contributed by atoms with Crippen molar-refractivity contribution in [2.24, 2.45) is 0 Å². The summed E-state index contributed by atoms with van der Waals surface area (Å²) >= 11 is 2.67. The Morgan fingerprint density at radius 1 is 1.10 bits per heavy atom. The number of hydrogen-bond donors (Lipinski definition) is 3. The third kappa shape index (κ3) is 6.43. The molecule has 0 aliphatic heterocycles. The highest BCUT2D eigenvalue weighted by Gasteiger charge is 2.19. The van der Waals surface area contributed by atoms with Crippen LogP contribution in [-0.4, -0.2) is 34.4 Å². The predicted molar refractivity (Wildman–Crippen MR) is 126 cm³/mol. The predicted octanol–water partition coefficient (Wildman–Crippen LogP) is 4.68. The molecule has 162 valence electrons. The molecule has 8 nitrogen and oxygen atoms in total. The van der Waals surface area contributed by atoms with Crippen molar-refractivity contribution < 1.29 is 14.3 Å². The number of carbonyl (C=O) groups excluding carboxylic acids is 2. The minimum absolute atomic E-state index is 0.137. The molecule has 1 atom stereocenters. The monoisotopic (exact) mass is 457 g/mol. The van der Waals surface area contributed by atoms with Crippen LogP contribution in [0.15, 0.2) is 46.8 Å². The number of anilines is 4. The first-order valence-corrected chi connectivity index (χ1v) is 11.1. The molecule has 3 aromatic rings. The van der Waals surface area contributed by atoms with Gasteiger partial charge in [0.25, 0.3) is 0 Å². The molecule has 10 heteroatoms. The number of nitrogens with one attached hydrogen (secondary N) is 3. The Bertz CT molecular complexity index is 1090. The van der Waals surface area contributed by atoms with Crippen LogP contribution >= 0.6 is 23.1 Å². The van der Waals surface area contributed by atoms with E-state index in [1.807, 2.05) is 44.2 Å². The van der Waals surface area contributed by atoms with E-state index < -0.39 is 0 Å². The molecule has 1 heterocycles. The van der Waals surface area contributed by atoms with E-state index in [4.69, 9.17) is 4.74 Å². The van der Waals surface area contributed by atoms with Gasteiger partial charge < -0.3 is 20.7 Å². The number of aryl methyl sites for hydroxylation is 1. The smallest absolute Gasteiger partial charge is 0.237 e. The van der Waals surface area contributed by atoms with E-state index in [9.17, 15) is 9.59 Å². The largest absolute Gasteiger partial charge is 0.495 e. The van der Waals surface area contributed by atoms with Gasteiger partial charge in [0.2, 0.25) is 16.9 Å². The number of rotatable bonds is 8. The molecule has 3 N–H and O–H groups in total. The zero-order chi connectivity index (χ0) is 22.4. The number of ether oxygens (including phenoxy) is 1. The second-order valence-electron chi connectivity index (χ2n) is 6.71. The van der Waals surface area contributed by atoms with Gasteiger partial charge in [-0.15, -0.1) is 10.2 Å². The maximum atomic E-state index is 12.6. The summed E-state index contributed by atoms with van der Waals surface area (Å²) in [5, 5.41) is 17.3. The van der Waals surface area contributed by atoms with Gasteiger partial charge in [-0.3, -0.25) is 9.59 Å². The average molecular weight is 458 g/mol. The van der Waals surface area contributed by atoms with Crippen LogP contribution in [0, 0.1) is 6.92 Å². The van der Waals surface area contributed by atoms with E-state index in [0.29, 0.717) is 26.6 Å². The summed E-state index contributed by atoms with van der Waals surface area (Å²) in [4.78, 5) is 23.9. The Balaban J connectivity index is 1.61. The maximum absolute atomic E-state index is 12.6. The van der Waals surface area contributed by atoms with Gasteiger partial charge in [-0.25, -0.2) is 0 Å². The van der Waals surface area contributed by atoms with E-state index in [1.165, 1.54) is 30.0 Å². The van der Waals surface area contributed by atoms with Crippen LogP contribution in [0.3, 0.4) is 0 Å². The van der Waals surface area contributed by atoms with Crippen molar-refractivity contribution in [1.82, 2.24) is 10.2 Å². The normalized spacial score (nSPS) is 11.5. The molecule has 3 rings (SSSR count). The first-order valence-electron chi connectivity index (χ1n) is 9.44. The molecule has 0 aliphatic carbocycles. The number of aromatic nitrogens is 2. The molecule has 0 aliphatic rings. The number of carbonyl (C=O) groups is 2. The lowest BCUT2D eigenvalue weighted by molar-refractivity contribution is -0.115. The highest BCUT2D eigenvalue weighted by atomic mass is 32.2. The Morgan fingerprint density at radius 2 is 1.87 bits per heavy atom. The molecular formula is C21H23N5O3S2. The van der Waals surface area contributed by atoms with Crippen molar-refractivity contribution in [3.05, 3.63) is 48.0 Å². The van der Waals surface area contributed by atoms with Gasteiger partial charge in [0, 0.05) is 18.3 Å². The quantitative estimate of drug-likeness (QED) is 0.422. The van der Waals surface area contributed by atoms with E-state index in [2.05, 4.69) is 26.1 Å². The van der Waals surface area contributed by atoms with Gasteiger partial charge in [-0.1, -0.05) is 35.2 Å². The molecule has 0 fully saturated rings. The molecular weight excluding hydrogens is 434 g/mol. The van der Waals surface area contributed by atoms with E-state index >= 15 is 0 Å². The topological polar surface area (TPSA) is 105 Å². The summed E-state index contributed by atoms with van der Waals surface area (Å²) in [5.74, 6) is 0.323. The fourth-order valence-electron chi connectivity index (χ4n) is 2.67. The molecule has 0 saturated heterocycles. The van der Waals surface area contributed by atoms with Crippen molar-refractivity contribution in [1.29, 1.82) is 0 Å². The average Bonchev–Trinajstić information content (AvgIpc) is 3.14. The van der Waals surface area contributed by atoms with Crippen LogP contribution in [0.25, 0.3) is 0 Å². The maximum Gasteiger partial charge on any atom is 0.237 e. The highest BCUT2D eigenvalue weighted by Crippen LogP contribution is 2.32. The van der Waals surface area contributed by atoms with Crippen molar-refractivity contribution in [2.75, 3.05) is 23.1 Å². The van der Waals surface area contributed by atoms with E-state index in [1.54, 1.807) is 19.2 Å². The summed E-state index contributed by atoms with van der Waals surface area (Å²) in [6.45, 7) is 5.23. The summed E-state index contributed by atoms with van der Waals surface area (Å²) < 4.78 is 5.98. The molecule has 2 aromatic carbocycles. The lowest BCUT2D eigenvalue weighted by Crippen LogP contribution is -2.22. The first kappa shape index (κ1) is 22.6. The Kier molecular flexibility index (Phi) is 7.48. The minimum atomic E-state index is -0.380. The van der Waals surface area contributed by atoms with Gasteiger partial charge >= 0.3 is 0 Å². The fourth-order valence-corrected chi connectivity index (χ4v) is 4.58. The van der Waals surface area contributed by atoms with Crippen LogP contribution in [0.1, 0.15) is 19.4 Å². The molecule has 31 heavy (non-hydrogen) atoms. The van der Waals surface area contributed by atoms with Crippen LogP contribution in [0.4, 0.5) is 22.2 Å². The summed E-state index contributed by atoms with van der Waals surface area (Å²) in [6, 6.07) is 12.9. The fraction of sp³-hybridized carbons (Fsp3) is 0.238. The molecule has 0 saturated carbocycles. The van der Waals surface area contributed by atoms with Crippen LogP contribution in [0.2, 0.25) is 0 Å². The minimum Gasteiger partial charge on any atom is -0.495 e. The third-order valence-electron chi connectivity index (χ3n) is 4.10. The number of hydrogen-bond acceptors (Lipinski definition) is 8. The number of benzene rings is 2. The zero-order valence-corrected chi connectivity index (χ0v) is 19.2. The van der Waals surface area contributed by atoms with Crippen molar-refractivity contribution in [3.8, 4) is 5.75 Å². The Morgan fingerprint density at radius 3 is 2.61 bits per heavy atom.